The predicted molar refractivity (Wildman–Crippen MR) is 99.0 cm³/mol. The molecule has 4 nitrogen and oxygen atoms in total. The molecule has 2 aromatic carbocycles. The number of ether oxygens (including phenoxy) is 1. The van der Waals surface area contributed by atoms with Crippen LogP contribution in [-0.2, 0) is 11.2 Å². The number of carbonyl (C=O) groups is 2. The summed E-state index contributed by atoms with van der Waals surface area (Å²) in [4.78, 5) is 27.2. The van der Waals surface area contributed by atoms with Gasteiger partial charge in [-0.2, -0.15) is 0 Å². The number of likely N-dealkylation sites (tertiary alicyclic amines) is 1. The number of benzene rings is 2. The Morgan fingerprint density at radius 3 is 2.73 bits per heavy atom. The van der Waals surface area contributed by atoms with Crippen molar-refractivity contribution in [2.75, 3.05) is 13.1 Å². The highest BCUT2D eigenvalue weighted by atomic mass is 16.5. The van der Waals surface area contributed by atoms with Gasteiger partial charge < -0.3 is 9.64 Å². The van der Waals surface area contributed by atoms with Crippen molar-refractivity contribution in [1.29, 1.82) is 0 Å². The van der Waals surface area contributed by atoms with Crippen LogP contribution >= 0.6 is 0 Å². The summed E-state index contributed by atoms with van der Waals surface area (Å²) in [6.07, 6.45) is 2.54. The van der Waals surface area contributed by atoms with Crippen molar-refractivity contribution in [3.05, 3.63) is 70.8 Å². The van der Waals surface area contributed by atoms with Gasteiger partial charge in [-0.15, -0.1) is 0 Å². The van der Waals surface area contributed by atoms with Crippen molar-refractivity contribution in [2.24, 2.45) is 5.92 Å². The lowest BCUT2D eigenvalue weighted by Crippen LogP contribution is -2.39. The molecule has 134 valence electrons. The molecule has 2 aliphatic rings. The smallest absolute Gasteiger partial charge is 0.339 e. The van der Waals surface area contributed by atoms with E-state index < -0.39 is 0 Å². The molecule has 1 amide bonds. The highest BCUT2D eigenvalue weighted by Gasteiger charge is 2.29. The quantitative estimate of drug-likeness (QED) is 0.770. The van der Waals surface area contributed by atoms with Gasteiger partial charge in [-0.25, -0.2) is 4.79 Å². The molecular weight excluding hydrogens is 326 g/mol. The first-order valence-electron chi connectivity index (χ1n) is 9.30. The second-order valence-electron chi connectivity index (χ2n) is 7.38. The van der Waals surface area contributed by atoms with E-state index in [0.29, 0.717) is 23.5 Å². The molecule has 4 heteroatoms. The van der Waals surface area contributed by atoms with E-state index in [0.717, 1.165) is 30.6 Å². The van der Waals surface area contributed by atoms with Gasteiger partial charge in [0.05, 0.1) is 5.56 Å². The minimum Gasteiger partial charge on any atom is -0.454 e. The zero-order valence-electron chi connectivity index (χ0n) is 15.0. The Balaban J connectivity index is 1.60. The Morgan fingerprint density at radius 2 is 1.96 bits per heavy atom. The van der Waals surface area contributed by atoms with E-state index in [-0.39, 0.29) is 18.0 Å². The van der Waals surface area contributed by atoms with Gasteiger partial charge in [0.2, 0.25) is 0 Å². The normalized spacial score (nSPS) is 22.5. The summed E-state index contributed by atoms with van der Waals surface area (Å²) in [5.74, 6) is 0.294. The molecule has 4 rings (SSSR count). The number of cyclic esters (lactones) is 1. The molecule has 2 aromatic rings. The lowest BCUT2D eigenvalue weighted by molar-refractivity contribution is 0.0252. The lowest BCUT2D eigenvalue weighted by atomic mass is 9.92. The molecule has 0 radical (unpaired) electrons. The molecule has 0 unspecified atom stereocenters. The Hall–Kier alpha value is -2.62. The van der Waals surface area contributed by atoms with Gasteiger partial charge in [-0.05, 0) is 48.1 Å². The van der Waals surface area contributed by atoms with Crippen LogP contribution < -0.4 is 0 Å². The van der Waals surface area contributed by atoms with Crippen molar-refractivity contribution in [3.8, 4) is 0 Å². The van der Waals surface area contributed by atoms with Gasteiger partial charge in [0.15, 0.2) is 0 Å². The van der Waals surface area contributed by atoms with E-state index in [9.17, 15) is 9.59 Å². The summed E-state index contributed by atoms with van der Waals surface area (Å²) in [6, 6.07) is 15.1. The maximum absolute atomic E-state index is 12.9. The molecule has 0 aliphatic carbocycles. The molecule has 26 heavy (non-hydrogen) atoms. The second-order valence-corrected chi connectivity index (χ2v) is 7.38. The van der Waals surface area contributed by atoms with Crippen LogP contribution in [0.5, 0.6) is 0 Å². The zero-order chi connectivity index (χ0) is 18.1. The highest BCUT2D eigenvalue weighted by Crippen LogP contribution is 2.31. The van der Waals surface area contributed by atoms with Crippen molar-refractivity contribution in [3.63, 3.8) is 0 Å². The number of hydrogen-bond donors (Lipinski definition) is 0. The molecule has 0 saturated carbocycles. The van der Waals surface area contributed by atoms with Crippen LogP contribution in [0.4, 0.5) is 0 Å². The Morgan fingerprint density at radius 1 is 1.15 bits per heavy atom. The number of fused-ring (bicyclic) bond motifs is 1. The Labute approximate surface area is 153 Å². The third kappa shape index (κ3) is 3.24. The number of amides is 1. The second kappa shape index (κ2) is 6.94. The molecule has 0 aromatic heterocycles. The van der Waals surface area contributed by atoms with Crippen molar-refractivity contribution >= 4 is 11.9 Å². The van der Waals surface area contributed by atoms with Crippen molar-refractivity contribution in [2.45, 2.75) is 32.3 Å². The topological polar surface area (TPSA) is 46.6 Å². The summed E-state index contributed by atoms with van der Waals surface area (Å²) in [5, 5.41) is 0. The molecule has 0 spiro atoms. The van der Waals surface area contributed by atoms with Gasteiger partial charge in [0.1, 0.15) is 6.10 Å². The first-order valence-corrected chi connectivity index (χ1v) is 9.30. The van der Waals surface area contributed by atoms with Crippen LogP contribution in [0.1, 0.15) is 57.7 Å². The number of rotatable bonds is 2. The minimum atomic E-state index is -0.314. The van der Waals surface area contributed by atoms with Crippen molar-refractivity contribution in [1.82, 2.24) is 4.90 Å². The summed E-state index contributed by atoms with van der Waals surface area (Å²) in [5.41, 5.74) is 3.11. The van der Waals surface area contributed by atoms with Gasteiger partial charge in [-0.1, -0.05) is 37.3 Å². The molecule has 2 aliphatic heterocycles. The molecular formula is C22H23NO3. The molecule has 2 heterocycles. The average molecular weight is 349 g/mol. The molecule has 0 bridgehead atoms. The van der Waals surface area contributed by atoms with Gasteiger partial charge in [0.25, 0.3) is 5.91 Å². The lowest BCUT2D eigenvalue weighted by Gasteiger charge is -2.31. The molecule has 0 N–H and O–H groups in total. The Kier molecular flexibility index (Phi) is 4.49. The van der Waals surface area contributed by atoms with E-state index in [1.54, 1.807) is 12.1 Å². The largest absolute Gasteiger partial charge is 0.454 e. The first kappa shape index (κ1) is 16.8. The van der Waals surface area contributed by atoms with Gasteiger partial charge in [-0.3, -0.25) is 4.79 Å². The van der Waals surface area contributed by atoms with Crippen LogP contribution in [0.15, 0.2) is 48.5 Å². The van der Waals surface area contributed by atoms with Crippen LogP contribution in [0.3, 0.4) is 0 Å². The van der Waals surface area contributed by atoms with E-state index in [1.165, 1.54) is 6.42 Å². The number of carbonyl (C=O) groups excluding carboxylic acids is 2. The summed E-state index contributed by atoms with van der Waals surface area (Å²) in [7, 11) is 0. The van der Waals surface area contributed by atoms with Crippen LogP contribution in [-0.4, -0.2) is 29.9 Å². The fraction of sp³-hybridized carbons (Fsp3) is 0.364. The number of piperidine rings is 1. The monoisotopic (exact) mass is 349 g/mol. The van der Waals surface area contributed by atoms with E-state index >= 15 is 0 Å². The fourth-order valence-electron chi connectivity index (χ4n) is 3.94. The van der Waals surface area contributed by atoms with E-state index in [2.05, 4.69) is 6.92 Å². The third-order valence-corrected chi connectivity index (χ3v) is 5.34. The Bertz CT molecular complexity index is 831. The minimum absolute atomic E-state index is 0.0644. The predicted octanol–water partition coefficient (Wildman–Crippen LogP) is 4.01. The summed E-state index contributed by atoms with van der Waals surface area (Å²) >= 11 is 0. The van der Waals surface area contributed by atoms with Gasteiger partial charge >= 0.3 is 5.97 Å². The molecule has 1 saturated heterocycles. The first-order chi connectivity index (χ1) is 12.6. The maximum Gasteiger partial charge on any atom is 0.339 e. The van der Waals surface area contributed by atoms with Gasteiger partial charge in [0, 0.05) is 25.1 Å². The number of nitrogens with zero attached hydrogens (tertiary/aromatic N) is 1. The third-order valence-electron chi connectivity index (χ3n) is 5.34. The highest BCUT2D eigenvalue weighted by molar-refractivity contribution is 5.97. The zero-order valence-corrected chi connectivity index (χ0v) is 15.0. The fourth-order valence-corrected chi connectivity index (χ4v) is 3.94. The van der Waals surface area contributed by atoms with Crippen molar-refractivity contribution < 1.29 is 14.3 Å². The van der Waals surface area contributed by atoms with E-state index in [4.69, 9.17) is 4.74 Å². The van der Waals surface area contributed by atoms with Crippen LogP contribution in [0.2, 0.25) is 0 Å². The average Bonchev–Trinajstić information content (AvgIpc) is 2.67. The van der Waals surface area contributed by atoms with Crippen LogP contribution in [0.25, 0.3) is 0 Å². The van der Waals surface area contributed by atoms with E-state index in [1.807, 2.05) is 41.3 Å². The van der Waals surface area contributed by atoms with Crippen LogP contribution in [0, 0.1) is 5.92 Å². The molecule has 1 fully saturated rings. The number of esters is 1. The number of hydrogen-bond acceptors (Lipinski definition) is 3. The molecule has 2 atom stereocenters. The maximum atomic E-state index is 12.9. The SMILES string of the molecule is C[C@H]1CCCN(C(=O)c2ccc3c(c2)C[C@H](c2ccccc2)OC3=O)C1. The summed E-state index contributed by atoms with van der Waals surface area (Å²) in [6.45, 7) is 3.81. The standard InChI is InChI=1S/C22H23NO3/c1-15-6-5-11-23(14-15)21(24)17-9-10-19-18(12-17)13-20(26-22(19)25)16-7-3-2-4-8-16/h2-4,7-10,12,15,20H,5-6,11,13-14H2,1H3/t15-,20+/m0/s1. The summed E-state index contributed by atoms with van der Waals surface area (Å²) < 4.78 is 5.60.